The molecule has 1 aromatic carbocycles. The van der Waals surface area contributed by atoms with Crippen molar-refractivity contribution in [2.45, 2.75) is 25.4 Å². The number of hydrogen-bond donors (Lipinski definition) is 3. The van der Waals surface area contributed by atoms with Crippen LogP contribution in [0.25, 0.3) is 0 Å². The first-order valence-electron chi connectivity index (χ1n) is 6.07. The highest BCUT2D eigenvalue weighted by Crippen LogP contribution is 2.24. The lowest BCUT2D eigenvalue weighted by atomic mass is 10.1. The summed E-state index contributed by atoms with van der Waals surface area (Å²) in [7, 11) is 0. The van der Waals surface area contributed by atoms with Gasteiger partial charge in [-0.2, -0.15) is 0 Å². The van der Waals surface area contributed by atoms with Crippen LogP contribution in [0.15, 0.2) is 22.7 Å². The molecule has 0 bridgehead atoms. The fourth-order valence-electron chi connectivity index (χ4n) is 2.32. The minimum absolute atomic E-state index is 0.121. The van der Waals surface area contributed by atoms with Gasteiger partial charge in [0.05, 0.1) is 6.10 Å². The van der Waals surface area contributed by atoms with Crippen molar-refractivity contribution in [1.82, 2.24) is 5.32 Å². The molecule has 0 saturated heterocycles. The quantitative estimate of drug-likeness (QED) is 0.746. The van der Waals surface area contributed by atoms with Crippen molar-refractivity contribution < 1.29 is 9.90 Å². The van der Waals surface area contributed by atoms with Crippen LogP contribution in [0.2, 0.25) is 0 Å². The molecule has 1 aromatic rings. The van der Waals surface area contributed by atoms with Gasteiger partial charge >= 0.3 is 0 Å². The normalized spacial score (nSPS) is 23.0. The Morgan fingerprint density at radius 1 is 1.44 bits per heavy atom. The molecule has 0 spiro atoms. The van der Waals surface area contributed by atoms with Gasteiger partial charge in [0.1, 0.15) is 0 Å². The van der Waals surface area contributed by atoms with Gasteiger partial charge in [-0.05, 0) is 43.4 Å². The zero-order valence-corrected chi connectivity index (χ0v) is 11.6. The van der Waals surface area contributed by atoms with Crippen molar-refractivity contribution in [2.24, 2.45) is 5.92 Å². The number of rotatable bonds is 3. The van der Waals surface area contributed by atoms with Crippen molar-refractivity contribution in [2.75, 3.05) is 12.3 Å². The number of aliphatic hydroxyl groups excluding tert-OH is 1. The van der Waals surface area contributed by atoms with E-state index in [0.29, 0.717) is 23.7 Å². The number of carbonyl (C=O) groups is 1. The summed E-state index contributed by atoms with van der Waals surface area (Å²) in [6, 6.07) is 5.16. The molecule has 1 amide bonds. The van der Waals surface area contributed by atoms with Crippen LogP contribution in [0.4, 0.5) is 5.69 Å². The van der Waals surface area contributed by atoms with Gasteiger partial charge in [0.25, 0.3) is 5.91 Å². The molecule has 98 valence electrons. The Morgan fingerprint density at radius 3 is 2.83 bits per heavy atom. The van der Waals surface area contributed by atoms with E-state index in [1.54, 1.807) is 18.2 Å². The highest BCUT2D eigenvalue weighted by atomic mass is 79.9. The molecule has 0 radical (unpaired) electrons. The van der Waals surface area contributed by atoms with E-state index in [0.717, 1.165) is 23.7 Å². The Hall–Kier alpha value is -1.07. The number of aliphatic hydroxyl groups is 1. The van der Waals surface area contributed by atoms with Crippen LogP contribution in [0.1, 0.15) is 29.6 Å². The highest BCUT2D eigenvalue weighted by Gasteiger charge is 2.23. The van der Waals surface area contributed by atoms with Gasteiger partial charge in [-0.3, -0.25) is 4.79 Å². The highest BCUT2D eigenvalue weighted by molar-refractivity contribution is 9.10. The van der Waals surface area contributed by atoms with E-state index in [4.69, 9.17) is 5.73 Å². The van der Waals surface area contributed by atoms with Crippen LogP contribution < -0.4 is 11.1 Å². The van der Waals surface area contributed by atoms with Gasteiger partial charge in [0, 0.05) is 22.3 Å². The molecule has 18 heavy (non-hydrogen) atoms. The summed E-state index contributed by atoms with van der Waals surface area (Å²) < 4.78 is 0.795. The van der Waals surface area contributed by atoms with Gasteiger partial charge in [-0.25, -0.2) is 0 Å². The average molecular weight is 313 g/mol. The molecule has 0 aliphatic heterocycles. The number of carbonyl (C=O) groups excluding carboxylic acids is 1. The monoisotopic (exact) mass is 312 g/mol. The third kappa shape index (κ3) is 3.46. The molecule has 4 nitrogen and oxygen atoms in total. The van der Waals surface area contributed by atoms with Crippen LogP contribution in [0, 0.1) is 5.92 Å². The number of amides is 1. The summed E-state index contributed by atoms with van der Waals surface area (Å²) in [6.07, 6.45) is 2.39. The first-order valence-corrected chi connectivity index (χ1v) is 6.86. The summed E-state index contributed by atoms with van der Waals surface area (Å²) in [6.45, 7) is 0.613. The van der Waals surface area contributed by atoms with Crippen LogP contribution in [0.3, 0.4) is 0 Å². The average Bonchev–Trinajstić information content (AvgIpc) is 2.70. The Bertz CT molecular complexity index is 430. The summed E-state index contributed by atoms with van der Waals surface area (Å²) in [5.41, 5.74) is 6.81. The Kier molecular flexibility index (Phi) is 4.24. The molecule has 1 aliphatic carbocycles. The maximum atomic E-state index is 11.9. The summed E-state index contributed by atoms with van der Waals surface area (Å²) >= 11 is 3.31. The van der Waals surface area contributed by atoms with Crippen LogP contribution in [0.5, 0.6) is 0 Å². The summed E-state index contributed by atoms with van der Waals surface area (Å²) in [5.74, 6) is 0.262. The number of nitrogen functional groups attached to an aromatic ring is 1. The molecule has 2 rings (SSSR count). The van der Waals surface area contributed by atoms with Gasteiger partial charge in [0.15, 0.2) is 0 Å². The maximum absolute atomic E-state index is 11.9. The molecule has 4 N–H and O–H groups in total. The largest absolute Gasteiger partial charge is 0.399 e. The predicted octanol–water partition coefficient (Wildman–Crippen LogP) is 1.92. The SMILES string of the molecule is Nc1cc(Br)cc(C(=O)NCC2CCC(O)C2)c1. The van der Waals surface area contributed by atoms with Gasteiger partial charge in [-0.1, -0.05) is 15.9 Å². The lowest BCUT2D eigenvalue weighted by Crippen LogP contribution is -2.28. The second-order valence-corrected chi connectivity index (χ2v) is 5.73. The van der Waals surface area contributed by atoms with Crippen molar-refractivity contribution in [1.29, 1.82) is 0 Å². The van der Waals surface area contributed by atoms with Crippen LogP contribution in [-0.2, 0) is 0 Å². The molecular weight excluding hydrogens is 296 g/mol. The molecule has 1 aliphatic rings. The van der Waals surface area contributed by atoms with Crippen molar-refractivity contribution in [3.63, 3.8) is 0 Å². The molecule has 2 atom stereocenters. The first kappa shape index (κ1) is 13.4. The number of hydrogen-bond acceptors (Lipinski definition) is 3. The first-order chi connectivity index (χ1) is 8.54. The summed E-state index contributed by atoms with van der Waals surface area (Å²) in [5, 5.41) is 12.3. The van der Waals surface area contributed by atoms with E-state index in [9.17, 15) is 9.90 Å². The molecule has 2 unspecified atom stereocenters. The second-order valence-electron chi connectivity index (χ2n) is 4.82. The molecule has 0 heterocycles. The lowest BCUT2D eigenvalue weighted by Gasteiger charge is -2.11. The van der Waals surface area contributed by atoms with E-state index >= 15 is 0 Å². The number of nitrogens with one attached hydrogen (secondary N) is 1. The molecular formula is C13H17BrN2O2. The fourth-order valence-corrected chi connectivity index (χ4v) is 2.83. The standard InChI is InChI=1S/C13H17BrN2O2/c14-10-4-9(5-11(15)6-10)13(18)16-7-8-1-2-12(17)3-8/h4-6,8,12,17H,1-3,7,15H2,(H,16,18). The van der Waals surface area contributed by atoms with E-state index < -0.39 is 0 Å². The number of anilines is 1. The van der Waals surface area contributed by atoms with Crippen molar-refractivity contribution in [3.8, 4) is 0 Å². The van der Waals surface area contributed by atoms with E-state index in [1.807, 2.05) is 0 Å². The zero-order chi connectivity index (χ0) is 13.1. The molecule has 5 heteroatoms. The van der Waals surface area contributed by atoms with E-state index in [2.05, 4.69) is 21.2 Å². The van der Waals surface area contributed by atoms with Crippen molar-refractivity contribution >= 4 is 27.5 Å². The minimum Gasteiger partial charge on any atom is -0.399 e. The second kappa shape index (κ2) is 5.71. The van der Waals surface area contributed by atoms with Gasteiger partial charge in [0.2, 0.25) is 0 Å². The predicted molar refractivity (Wildman–Crippen MR) is 74.2 cm³/mol. The topological polar surface area (TPSA) is 75.4 Å². The Balaban J connectivity index is 1.91. The third-order valence-corrected chi connectivity index (χ3v) is 3.70. The van der Waals surface area contributed by atoms with Crippen molar-refractivity contribution in [3.05, 3.63) is 28.2 Å². The molecule has 0 aromatic heterocycles. The van der Waals surface area contributed by atoms with Crippen LogP contribution >= 0.6 is 15.9 Å². The van der Waals surface area contributed by atoms with E-state index in [1.165, 1.54) is 0 Å². The smallest absolute Gasteiger partial charge is 0.251 e. The third-order valence-electron chi connectivity index (χ3n) is 3.25. The van der Waals surface area contributed by atoms with Crippen LogP contribution in [-0.4, -0.2) is 23.7 Å². The molecule has 1 fully saturated rings. The Labute approximate surface area is 115 Å². The lowest BCUT2D eigenvalue weighted by molar-refractivity contribution is 0.0945. The number of benzene rings is 1. The minimum atomic E-state index is -0.201. The number of nitrogens with two attached hydrogens (primary N) is 1. The summed E-state index contributed by atoms with van der Waals surface area (Å²) in [4.78, 5) is 11.9. The van der Waals surface area contributed by atoms with Gasteiger partial charge < -0.3 is 16.2 Å². The maximum Gasteiger partial charge on any atom is 0.251 e. The zero-order valence-electron chi connectivity index (χ0n) is 10.0. The fraction of sp³-hybridized carbons (Fsp3) is 0.462. The number of halogens is 1. The van der Waals surface area contributed by atoms with Gasteiger partial charge in [-0.15, -0.1) is 0 Å². The molecule has 1 saturated carbocycles. The Morgan fingerprint density at radius 2 is 2.22 bits per heavy atom. The van der Waals surface area contributed by atoms with E-state index in [-0.39, 0.29) is 12.0 Å².